The minimum Gasteiger partial charge on any atom is -0.354 e. The van der Waals surface area contributed by atoms with Crippen LogP contribution in [0.5, 0.6) is 0 Å². The third-order valence-electron chi connectivity index (χ3n) is 2.31. The normalized spacial score (nSPS) is 15.6. The molecule has 1 aliphatic heterocycles. The predicted octanol–water partition coefficient (Wildman–Crippen LogP) is -0.926. The zero-order valence-electron chi connectivity index (χ0n) is 8.29. The standard InChI is InChI=1S/C9H17N3O2/c10-7-8(13)11-4-3-9(14)12-5-1-2-6-12/h1-7,10H2,(H,11,13). The van der Waals surface area contributed by atoms with Crippen LogP contribution in [0, 0.1) is 0 Å². The van der Waals surface area contributed by atoms with Crippen LogP contribution in [-0.2, 0) is 9.59 Å². The molecular weight excluding hydrogens is 182 g/mol. The summed E-state index contributed by atoms with van der Waals surface area (Å²) >= 11 is 0. The third-order valence-corrected chi connectivity index (χ3v) is 2.31. The Kier molecular flexibility index (Phi) is 4.39. The minimum absolute atomic E-state index is 0.0160. The number of nitrogens with two attached hydrogens (primary N) is 1. The first-order valence-electron chi connectivity index (χ1n) is 4.98. The molecule has 0 aromatic carbocycles. The molecule has 1 rings (SSSR count). The monoisotopic (exact) mass is 199 g/mol. The highest BCUT2D eigenvalue weighted by atomic mass is 16.2. The van der Waals surface area contributed by atoms with E-state index < -0.39 is 0 Å². The minimum atomic E-state index is -0.209. The van der Waals surface area contributed by atoms with Gasteiger partial charge in [-0.1, -0.05) is 0 Å². The van der Waals surface area contributed by atoms with Crippen LogP contribution in [0.2, 0.25) is 0 Å². The van der Waals surface area contributed by atoms with Crippen LogP contribution < -0.4 is 11.1 Å². The van der Waals surface area contributed by atoms with Gasteiger partial charge < -0.3 is 16.0 Å². The number of carbonyl (C=O) groups excluding carboxylic acids is 2. The smallest absolute Gasteiger partial charge is 0.233 e. The van der Waals surface area contributed by atoms with Gasteiger partial charge in [0.2, 0.25) is 11.8 Å². The summed E-state index contributed by atoms with van der Waals surface area (Å²) in [5, 5.41) is 2.58. The van der Waals surface area contributed by atoms with E-state index in [0.717, 1.165) is 25.9 Å². The molecule has 0 spiro atoms. The molecule has 5 heteroatoms. The van der Waals surface area contributed by atoms with Crippen LogP contribution in [0.25, 0.3) is 0 Å². The molecule has 0 radical (unpaired) electrons. The average Bonchev–Trinajstić information content (AvgIpc) is 2.70. The van der Waals surface area contributed by atoms with E-state index in [0.29, 0.717) is 13.0 Å². The van der Waals surface area contributed by atoms with E-state index in [2.05, 4.69) is 5.32 Å². The van der Waals surface area contributed by atoms with E-state index in [-0.39, 0.29) is 18.4 Å². The maximum absolute atomic E-state index is 11.5. The number of nitrogens with one attached hydrogen (secondary N) is 1. The van der Waals surface area contributed by atoms with Crippen molar-refractivity contribution in [2.75, 3.05) is 26.2 Å². The highest BCUT2D eigenvalue weighted by Crippen LogP contribution is 2.08. The first kappa shape index (κ1) is 11.0. The molecular formula is C9H17N3O2. The molecule has 0 aliphatic carbocycles. The lowest BCUT2D eigenvalue weighted by molar-refractivity contribution is -0.130. The van der Waals surface area contributed by atoms with Crippen molar-refractivity contribution >= 4 is 11.8 Å². The molecule has 0 aromatic rings. The Balaban J connectivity index is 2.11. The highest BCUT2D eigenvalue weighted by molar-refractivity contribution is 5.80. The summed E-state index contributed by atoms with van der Waals surface area (Å²) in [6.45, 7) is 2.11. The molecule has 1 heterocycles. The Hall–Kier alpha value is -1.10. The van der Waals surface area contributed by atoms with Gasteiger partial charge in [-0.15, -0.1) is 0 Å². The van der Waals surface area contributed by atoms with E-state index in [1.807, 2.05) is 4.90 Å². The van der Waals surface area contributed by atoms with Crippen molar-refractivity contribution in [3.8, 4) is 0 Å². The number of hydrogen-bond donors (Lipinski definition) is 2. The second-order valence-electron chi connectivity index (χ2n) is 3.39. The molecule has 0 saturated carbocycles. The number of amides is 2. The first-order valence-corrected chi connectivity index (χ1v) is 4.98. The van der Waals surface area contributed by atoms with E-state index in [4.69, 9.17) is 5.73 Å². The Morgan fingerprint density at radius 1 is 1.29 bits per heavy atom. The Morgan fingerprint density at radius 3 is 2.50 bits per heavy atom. The maximum Gasteiger partial charge on any atom is 0.233 e. The number of nitrogens with zero attached hydrogens (tertiary/aromatic N) is 1. The molecule has 0 unspecified atom stereocenters. The molecule has 1 fully saturated rings. The number of likely N-dealkylation sites (tertiary alicyclic amines) is 1. The Bertz CT molecular complexity index is 212. The highest BCUT2D eigenvalue weighted by Gasteiger charge is 2.16. The summed E-state index contributed by atoms with van der Waals surface area (Å²) in [4.78, 5) is 24.1. The van der Waals surface area contributed by atoms with Gasteiger partial charge in [0.15, 0.2) is 0 Å². The Morgan fingerprint density at radius 2 is 1.93 bits per heavy atom. The molecule has 0 bridgehead atoms. The fourth-order valence-electron chi connectivity index (χ4n) is 1.51. The van der Waals surface area contributed by atoms with E-state index in [1.54, 1.807) is 0 Å². The average molecular weight is 199 g/mol. The molecule has 3 N–H and O–H groups in total. The van der Waals surface area contributed by atoms with Crippen molar-refractivity contribution in [2.24, 2.45) is 5.73 Å². The van der Waals surface area contributed by atoms with Crippen molar-refractivity contribution in [2.45, 2.75) is 19.3 Å². The summed E-state index contributed by atoms with van der Waals surface area (Å²) in [5.41, 5.74) is 5.10. The molecule has 14 heavy (non-hydrogen) atoms. The summed E-state index contributed by atoms with van der Waals surface area (Å²) < 4.78 is 0. The lowest BCUT2D eigenvalue weighted by Gasteiger charge is -2.14. The van der Waals surface area contributed by atoms with E-state index >= 15 is 0 Å². The lowest BCUT2D eigenvalue weighted by Crippen LogP contribution is -2.35. The van der Waals surface area contributed by atoms with Gasteiger partial charge in [-0.25, -0.2) is 0 Å². The van der Waals surface area contributed by atoms with Crippen LogP contribution in [0.1, 0.15) is 19.3 Å². The summed E-state index contributed by atoms with van der Waals surface area (Å²) in [6, 6.07) is 0. The van der Waals surface area contributed by atoms with Crippen LogP contribution in [0.3, 0.4) is 0 Å². The second-order valence-corrected chi connectivity index (χ2v) is 3.39. The SMILES string of the molecule is NCC(=O)NCCC(=O)N1CCCC1. The summed E-state index contributed by atoms with van der Waals surface area (Å²) in [7, 11) is 0. The fourth-order valence-corrected chi connectivity index (χ4v) is 1.51. The van der Waals surface area contributed by atoms with Crippen molar-refractivity contribution < 1.29 is 9.59 Å². The molecule has 0 aromatic heterocycles. The second kappa shape index (κ2) is 5.59. The van der Waals surface area contributed by atoms with E-state index in [1.165, 1.54) is 0 Å². The number of rotatable bonds is 4. The van der Waals surface area contributed by atoms with Crippen LogP contribution in [0.15, 0.2) is 0 Å². The summed E-state index contributed by atoms with van der Waals surface area (Å²) in [6.07, 6.45) is 2.58. The van der Waals surface area contributed by atoms with Crippen LogP contribution >= 0.6 is 0 Å². The van der Waals surface area contributed by atoms with Crippen molar-refractivity contribution in [1.29, 1.82) is 0 Å². The topological polar surface area (TPSA) is 75.4 Å². The molecule has 0 atom stereocenters. The first-order chi connectivity index (χ1) is 6.74. The van der Waals surface area contributed by atoms with Crippen molar-refractivity contribution in [3.63, 3.8) is 0 Å². The summed E-state index contributed by atoms with van der Waals surface area (Å²) in [5.74, 6) is -0.0842. The van der Waals surface area contributed by atoms with Crippen LogP contribution in [-0.4, -0.2) is 42.9 Å². The predicted molar refractivity (Wildman–Crippen MR) is 52.5 cm³/mol. The van der Waals surface area contributed by atoms with Crippen LogP contribution in [0.4, 0.5) is 0 Å². The zero-order chi connectivity index (χ0) is 10.4. The third kappa shape index (κ3) is 3.33. The van der Waals surface area contributed by atoms with Gasteiger partial charge >= 0.3 is 0 Å². The quantitative estimate of drug-likeness (QED) is 0.614. The molecule has 1 saturated heterocycles. The van der Waals surface area contributed by atoms with Gasteiger partial charge in [0.1, 0.15) is 0 Å². The molecule has 80 valence electrons. The zero-order valence-corrected chi connectivity index (χ0v) is 8.29. The van der Waals surface area contributed by atoms with Gasteiger partial charge in [0.05, 0.1) is 6.54 Å². The largest absolute Gasteiger partial charge is 0.354 e. The van der Waals surface area contributed by atoms with Gasteiger partial charge in [-0.2, -0.15) is 0 Å². The maximum atomic E-state index is 11.5. The molecule has 2 amide bonds. The van der Waals surface area contributed by atoms with Gasteiger partial charge in [0, 0.05) is 26.1 Å². The van der Waals surface area contributed by atoms with Gasteiger partial charge in [0.25, 0.3) is 0 Å². The molecule has 5 nitrogen and oxygen atoms in total. The van der Waals surface area contributed by atoms with Gasteiger partial charge in [-0.05, 0) is 12.8 Å². The lowest BCUT2D eigenvalue weighted by atomic mass is 10.3. The number of carbonyl (C=O) groups is 2. The Labute approximate surface area is 83.6 Å². The fraction of sp³-hybridized carbons (Fsp3) is 0.778. The number of hydrogen-bond acceptors (Lipinski definition) is 3. The van der Waals surface area contributed by atoms with Crippen molar-refractivity contribution in [1.82, 2.24) is 10.2 Å². The molecule has 1 aliphatic rings. The van der Waals surface area contributed by atoms with Crippen molar-refractivity contribution in [3.05, 3.63) is 0 Å². The van der Waals surface area contributed by atoms with Gasteiger partial charge in [-0.3, -0.25) is 9.59 Å². The van der Waals surface area contributed by atoms with E-state index in [9.17, 15) is 9.59 Å².